The van der Waals surface area contributed by atoms with Crippen LogP contribution >= 0.6 is 0 Å². The molecule has 3 aromatic rings. The molecule has 32 heavy (non-hydrogen) atoms. The van der Waals surface area contributed by atoms with Gasteiger partial charge < -0.3 is 14.4 Å². The SMILES string of the molecule is CCCN(CC(=O)N1CCn2cccc2C1c1ccc(C)cc1)C(=O)c1ccc(F)cc1. The number of hydrogen-bond acceptors (Lipinski definition) is 2. The Bertz CT molecular complexity index is 1090. The Labute approximate surface area is 188 Å². The maximum atomic E-state index is 13.5. The summed E-state index contributed by atoms with van der Waals surface area (Å²) in [6.45, 7) is 5.76. The predicted octanol–water partition coefficient (Wildman–Crippen LogP) is 4.42. The molecule has 1 aliphatic rings. The molecule has 2 amide bonds. The van der Waals surface area contributed by atoms with E-state index in [1.807, 2.05) is 31.0 Å². The summed E-state index contributed by atoms with van der Waals surface area (Å²) < 4.78 is 15.5. The molecule has 0 saturated carbocycles. The van der Waals surface area contributed by atoms with Gasteiger partial charge in [-0.3, -0.25) is 9.59 Å². The maximum absolute atomic E-state index is 13.5. The zero-order valence-electron chi connectivity index (χ0n) is 18.5. The molecule has 0 radical (unpaired) electrons. The summed E-state index contributed by atoms with van der Waals surface area (Å²) in [6, 6.07) is 17.6. The summed E-state index contributed by atoms with van der Waals surface area (Å²) in [5, 5.41) is 0. The summed E-state index contributed by atoms with van der Waals surface area (Å²) in [7, 11) is 0. The third kappa shape index (κ3) is 4.44. The van der Waals surface area contributed by atoms with Gasteiger partial charge >= 0.3 is 0 Å². The second-order valence-corrected chi connectivity index (χ2v) is 8.26. The van der Waals surface area contributed by atoms with Crippen LogP contribution in [0.2, 0.25) is 0 Å². The molecule has 1 aliphatic heterocycles. The molecule has 0 N–H and O–H groups in total. The minimum absolute atomic E-state index is 0.00683. The van der Waals surface area contributed by atoms with Gasteiger partial charge in [0.1, 0.15) is 12.4 Å². The van der Waals surface area contributed by atoms with Crippen LogP contribution in [-0.4, -0.2) is 45.8 Å². The average molecular weight is 434 g/mol. The summed E-state index contributed by atoms with van der Waals surface area (Å²) in [5.41, 5.74) is 3.67. The van der Waals surface area contributed by atoms with Gasteiger partial charge in [-0.1, -0.05) is 36.8 Å². The van der Waals surface area contributed by atoms with Gasteiger partial charge in [0.15, 0.2) is 0 Å². The van der Waals surface area contributed by atoms with Crippen molar-refractivity contribution in [3.8, 4) is 0 Å². The lowest BCUT2D eigenvalue weighted by atomic mass is 9.98. The van der Waals surface area contributed by atoms with E-state index in [1.165, 1.54) is 24.3 Å². The molecule has 1 atom stereocenters. The van der Waals surface area contributed by atoms with E-state index in [1.54, 1.807) is 4.90 Å². The van der Waals surface area contributed by atoms with Crippen LogP contribution in [0.4, 0.5) is 4.39 Å². The monoisotopic (exact) mass is 433 g/mol. The van der Waals surface area contributed by atoms with E-state index in [9.17, 15) is 14.0 Å². The number of hydrogen-bond donors (Lipinski definition) is 0. The van der Waals surface area contributed by atoms with E-state index in [2.05, 4.69) is 34.9 Å². The quantitative estimate of drug-likeness (QED) is 0.578. The first kappa shape index (κ1) is 21.8. The summed E-state index contributed by atoms with van der Waals surface area (Å²) in [6.07, 6.45) is 2.77. The highest BCUT2D eigenvalue weighted by molar-refractivity contribution is 5.96. The fourth-order valence-electron chi connectivity index (χ4n) is 4.30. The zero-order chi connectivity index (χ0) is 22.7. The molecule has 2 heterocycles. The van der Waals surface area contributed by atoms with Crippen molar-refractivity contribution in [1.29, 1.82) is 0 Å². The predicted molar refractivity (Wildman–Crippen MR) is 122 cm³/mol. The molecule has 0 bridgehead atoms. The highest BCUT2D eigenvalue weighted by Gasteiger charge is 2.33. The second kappa shape index (κ2) is 9.39. The van der Waals surface area contributed by atoms with Crippen molar-refractivity contribution < 1.29 is 14.0 Å². The van der Waals surface area contributed by atoms with Crippen LogP contribution in [-0.2, 0) is 11.3 Å². The molecule has 4 rings (SSSR count). The van der Waals surface area contributed by atoms with Gasteiger partial charge in [0.05, 0.1) is 6.04 Å². The molecule has 0 saturated heterocycles. The Morgan fingerprint density at radius 1 is 1.03 bits per heavy atom. The van der Waals surface area contributed by atoms with Crippen LogP contribution < -0.4 is 0 Å². The van der Waals surface area contributed by atoms with Crippen molar-refractivity contribution in [3.05, 3.63) is 95.1 Å². The number of benzene rings is 2. The number of carbonyl (C=O) groups excluding carboxylic acids is 2. The summed E-state index contributed by atoms with van der Waals surface area (Å²) >= 11 is 0. The normalized spacial score (nSPS) is 15.3. The zero-order valence-corrected chi connectivity index (χ0v) is 18.5. The summed E-state index contributed by atoms with van der Waals surface area (Å²) in [4.78, 5) is 30.0. The van der Waals surface area contributed by atoms with E-state index in [-0.39, 0.29) is 24.4 Å². The number of halogens is 1. The van der Waals surface area contributed by atoms with Crippen LogP contribution in [0, 0.1) is 12.7 Å². The minimum Gasteiger partial charge on any atom is -0.348 e. The topological polar surface area (TPSA) is 45.6 Å². The largest absolute Gasteiger partial charge is 0.348 e. The van der Waals surface area contributed by atoms with Crippen LogP contribution in [0.15, 0.2) is 66.9 Å². The van der Waals surface area contributed by atoms with Gasteiger partial charge in [0.25, 0.3) is 5.91 Å². The lowest BCUT2D eigenvalue weighted by molar-refractivity contribution is -0.134. The van der Waals surface area contributed by atoms with Crippen molar-refractivity contribution in [1.82, 2.24) is 14.4 Å². The first-order chi connectivity index (χ1) is 15.5. The fourth-order valence-corrected chi connectivity index (χ4v) is 4.30. The van der Waals surface area contributed by atoms with E-state index >= 15 is 0 Å². The standard InChI is InChI=1S/C26H28FN3O2/c1-3-14-29(26(32)21-10-12-22(27)13-11-21)18-24(31)30-17-16-28-15-4-5-23(28)25(30)20-8-6-19(2)7-9-20/h4-13,15,25H,3,14,16-18H2,1-2H3. The Hall–Kier alpha value is -3.41. The van der Waals surface area contributed by atoms with Crippen molar-refractivity contribution in [2.75, 3.05) is 19.6 Å². The first-order valence-electron chi connectivity index (χ1n) is 11.0. The van der Waals surface area contributed by atoms with E-state index in [4.69, 9.17) is 0 Å². The number of carbonyl (C=O) groups is 2. The van der Waals surface area contributed by atoms with Gasteiger partial charge in [0.2, 0.25) is 5.91 Å². The maximum Gasteiger partial charge on any atom is 0.254 e. The lowest BCUT2D eigenvalue weighted by Crippen LogP contribution is -2.48. The van der Waals surface area contributed by atoms with Gasteiger partial charge in [-0.25, -0.2) is 4.39 Å². The smallest absolute Gasteiger partial charge is 0.254 e. The van der Waals surface area contributed by atoms with Gasteiger partial charge in [-0.2, -0.15) is 0 Å². The minimum atomic E-state index is -0.392. The number of amides is 2. The third-order valence-electron chi connectivity index (χ3n) is 5.95. The van der Waals surface area contributed by atoms with Crippen LogP contribution in [0.3, 0.4) is 0 Å². The van der Waals surface area contributed by atoms with Gasteiger partial charge in [-0.15, -0.1) is 0 Å². The van der Waals surface area contributed by atoms with E-state index in [0.717, 1.165) is 29.8 Å². The number of aromatic nitrogens is 1. The lowest BCUT2D eigenvalue weighted by Gasteiger charge is -2.38. The molecule has 1 aromatic heterocycles. The number of nitrogens with zero attached hydrogens (tertiary/aromatic N) is 3. The Kier molecular flexibility index (Phi) is 6.40. The molecular weight excluding hydrogens is 405 g/mol. The molecule has 0 spiro atoms. The fraction of sp³-hybridized carbons (Fsp3) is 0.308. The highest BCUT2D eigenvalue weighted by atomic mass is 19.1. The van der Waals surface area contributed by atoms with E-state index in [0.29, 0.717) is 18.7 Å². The van der Waals surface area contributed by atoms with Gasteiger partial charge in [-0.05, 0) is 55.3 Å². The summed E-state index contributed by atoms with van der Waals surface area (Å²) in [5.74, 6) is -0.740. The Balaban J connectivity index is 1.60. The number of rotatable bonds is 6. The van der Waals surface area contributed by atoms with Gasteiger partial charge in [0, 0.05) is 37.1 Å². The Morgan fingerprint density at radius 3 is 2.44 bits per heavy atom. The van der Waals surface area contributed by atoms with Crippen LogP contribution in [0.1, 0.15) is 46.6 Å². The van der Waals surface area contributed by atoms with Crippen molar-refractivity contribution in [2.24, 2.45) is 0 Å². The molecular formula is C26H28FN3O2. The third-order valence-corrected chi connectivity index (χ3v) is 5.95. The van der Waals surface area contributed by atoms with Crippen molar-refractivity contribution in [3.63, 3.8) is 0 Å². The van der Waals surface area contributed by atoms with Crippen molar-refractivity contribution in [2.45, 2.75) is 32.9 Å². The van der Waals surface area contributed by atoms with Crippen molar-refractivity contribution >= 4 is 11.8 Å². The molecule has 5 nitrogen and oxygen atoms in total. The number of fused-ring (bicyclic) bond motifs is 1. The number of aryl methyl sites for hydroxylation is 1. The average Bonchev–Trinajstić information content (AvgIpc) is 3.28. The van der Waals surface area contributed by atoms with E-state index < -0.39 is 5.82 Å². The molecule has 0 aliphatic carbocycles. The first-order valence-corrected chi connectivity index (χ1v) is 11.0. The molecule has 6 heteroatoms. The molecule has 2 aromatic carbocycles. The molecule has 0 fully saturated rings. The molecule has 166 valence electrons. The highest BCUT2D eigenvalue weighted by Crippen LogP contribution is 2.32. The Morgan fingerprint density at radius 2 is 1.75 bits per heavy atom. The van der Waals surface area contributed by atoms with Crippen LogP contribution in [0.5, 0.6) is 0 Å². The second-order valence-electron chi connectivity index (χ2n) is 8.26. The molecule has 1 unspecified atom stereocenters. The van der Waals surface area contributed by atoms with Crippen LogP contribution in [0.25, 0.3) is 0 Å².